The van der Waals surface area contributed by atoms with Crippen molar-refractivity contribution in [2.45, 2.75) is 309 Å². The third kappa shape index (κ3) is 56.1. The molecule has 0 aliphatic rings. The average molecular weight is 938 g/mol. The summed E-state index contributed by atoms with van der Waals surface area (Å²) < 4.78 is 10.7. The van der Waals surface area contributed by atoms with E-state index in [0.717, 1.165) is 77.0 Å². The second kappa shape index (κ2) is 57.9. The van der Waals surface area contributed by atoms with E-state index in [1.807, 2.05) is 0 Å². The maximum Gasteiger partial charge on any atom is 0.306 e. The number of allylic oxidation sites excluding steroid dienone is 10. The topological polar surface area (TPSA) is 72.8 Å². The van der Waals surface area contributed by atoms with Crippen LogP contribution in [0.3, 0.4) is 0 Å². The lowest BCUT2D eigenvalue weighted by Crippen LogP contribution is -2.28. The first-order chi connectivity index (χ1) is 33.1. The Labute approximate surface area is 417 Å². The summed E-state index contributed by atoms with van der Waals surface area (Å²) in [6.45, 7) is 4.06. The van der Waals surface area contributed by atoms with Crippen molar-refractivity contribution in [3.63, 3.8) is 0 Å². The van der Waals surface area contributed by atoms with Crippen LogP contribution in [-0.4, -0.2) is 36.4 Å². The Morgan fingerprint density at radius 1 is 0.358 bits per heavy atom. The van der Waals surface area contributed by atoms with Gasteiger partial charge in [-0.15, -0.1) is 0 Å². The van der Waals surface area contributed by atoms with Gasteiger partial charge >= 0.3 is 11.9 Å². The van der Waals surface area contributed by atoms with E-state index in [2.05, 4.69) is 74.6 Å². The fourth-order valence-electron chi connectivity index (χ4n) is 8.70. The molecule has 0 bridgehead atoms. The molecule has 5 heteroatoms. The van der Waals surface area contributed by atoms with Crippen LogP contribution in [0, 0.1) is 0 Å². The molecule has 0 radical (unpaired) electrons. The van der Waals surface area contributed by atoms with Gasteiger partial charge in [-0.25, -0.2) is 0 Å². The van der Waals surface area contributed by atoms with Crippen LogP contribution in [0.4, 0.5) is 0 Å². The predicted molar refractivity (Wildman–Crippen MR) is 293 cm³/mol. The Morgan fingerprint density at radius 3 is 0.970 bits per heavy atom. The molecule has 0 amide bonds. The fraction of sp³-hybridized carbons (Fsp3) is 0.806. The van der Waals surface area contributed by atoms with E-state index in [-0.39, 0.29) is 25.2 Å². The highest BCUT2D eigenvalue weighted by atomic mass is 16.6. The monoisotopic (exact) mass is 937 g/mol. The predicted octanol–water partition coefficient (Wildman–Crippen LogP) is 19.8. The van der Waals surface area contributed by atoms with Gasteiger partial charge in [0.15, 0.2) is 6.10 Å². The molecule has 0 saturated heterocycles. The number of aliphatic hydroxyl groups is 1. The van der Waals surface area contributed by atoms with Gasteiger partial charge in [0.05, 0.1) is 6.61 Å². The van der Waals surface area contributed by atoms with E-state index < -0.39 is 6.10 Å². The second-order valence-corrected chi connectivity index (χ2v) is 19.7. The number of aliphatic hydroxyl groups excluding tert-OH is 1. The molecular weight excluding hydrogens is 825 g/mol. The van der Waals surface area contributed by atoms with Crippen LogP contribution in [0.1, 0.15) is 303 Å². The van der Waals surface area contributed by atoms with Crippen LogP contribution in [0.15, 0.2) is 60.8 Å². The summed E-state index contributed by atoms with van der Waals surface area (Å²) in [4.78, 5) is 24.5. The zero-order valence-corrected chi connectivity index (χ0v) is 44.7. The van der Waals surface area contributed by atoms with Crippen molar-refractivity contribution in [1.29, 1.82) is 0 Å². The van der Waals surface area contributed by atoms with Gasteiger partial charge in [-0.2, -0.15) is 0 Å². The first-order valence-electron chi connectivity index (χ1n) is 29.3. The smallest absolute Gasteiger partial charge is 0.306 e. The van der Waals surface area contributed by atoms with Crippen LogP contribution in [0.25, 0.3) is 0 Å². The fourth-order valence-corrected chi connectivity index (χ4v) is 8.70. The van der Waals surface area contributed by atoms with Crippen molar-refractivity contribution >= 4 is 11.9 Å². The lowest BCUT2D eigenvalue weighted by molar-refractivity contribution is -0.161. The molecule has 0 fully saturated rings. The molecule has 67 heavy (non-hydrogen) atoms. The summed E-state index contributed by atoms with van der Waals surface area (Å²) in [6, 6.07) is 0. The van der Waals surface area contributed by atoms with E-state index in [4.69, 9.17) is 9.47 Å². The largest absolute Gasteiger partial charge is 0.462 e. The third-order valence-electron chi connectivity index (χ3n) is 13.1. The molecule has 390 valence electrons. The van der Waals surface area contributed by atoms with Crippen molar-refractivity contribution in [1.82, 2.24) is 0 Å². The van der Waals surface area contributed by atoms with Gasteiger partial charge in [0.25, 0.3) is 0 Å². The number of carbonyl (C=O) groups excluding carboxylic acids is 2. The Bertz CT molecular complexity index is 1150. The zero-order chi connectivity index (χ0) is 48.5. The van der Waals surface area contributed by atoms with Crippen molar-refractivity contribution in [2.24, 2.45) is 0 Å². The first-order valence-corrected chi connectivity index (χ1v) is 29.3. The normalized spacial score (nSPS) is 12.6. The summed E-state index contributed by atoms with van der Waals surface area (Å²) >= 11 is 0. The number of carbonyl (C=O) groups is 2. The minimum Gasteiger partial charge on any atom is -0.462 e. The average Bonchev–Trinajstić information content (AvgIpc) is 3.33. The maximum atomic E-state index is 12.3. The number of hydrogen-bond acceptors (Lipinski definition) is 5. The number of hydrogen-bond donors (Lipinski definition) is 1. The van der Waals surface area contributed by atoms with Gasteiger partial charge in [0, 0.05) is 12.8 Å². The summed E-state index contributed by atoms with van der Waals surface area (Å²) in [7, 11) is 0. The van der Waals surface area contributed by atoms with Gasteiger partial charge in [0.1, 0.15) is 6.61 Å². The van der Waals surface area contributed by atoms with Crippen molar-refractivity contribution in [3.8, 4) is 0 Å². The highest BCUT2D eigenvalue weighted by Gasteiger charge is 2.16. The molecule has 1 atom stereocenters. The van der Waals surface area contributed by atoms with E-state index >= 15 is 0 Å². The standard InChI is InChI=1S/C62H112O5/c1-3-5-7-9-11-13-15-17-19-21-23-25-27-28-29-30-31-32-33-35-36-38-40-42-44-46-48-50-52-54-56-61(64)66-59-60(58-63)67-62(65)57-55-53-51-49-47-45-43-41-39-37-34-26-24-22-20-18-16-14-12-10-8-6-4-2/h6,8,12,14,18,20,24,26,37,39,60,63H,3-5,7,9-11,13,15-17,19,21-23,25,27-36,38,40-59H2,1-2H3/b8-6-,14-12-,20-18-,26-24-,39-37-. The molecule has 0 aliphatic heterocycles. The SMILES string of the molecule is CC/C=C\C/C=C\C/C=C\C/C=C\C/C=C\CCCCCCCCCC(=O)OC(CO)COC(=O)CCCCCCCCCCCCCCCCCCCCCCCCCCCCCCCC. The lowest BCUT2D eigenvalue weighted by atomic mass is 10.0. The number of unbranched alkanes of at least 4 members (excludes halogenated alkanes) is 36. The van der Waals surface area contributed by atoms with Gasteiger partial charge < -0.3 is 14.6 Å². The molecule has 0 spiro atoms. The molecule has 1 N–H and O–H groups in total. The molecular formula is C62H112O5. The zero-order valence-electron chi connectivity index (χ0n) is 44.7. The molecule has 1 unspecified atom stereocenters. The van der Waals surface area contributed by atoms with Crippen LogP contribution in [0.2, 0.25) is 0 Å². The van der Waals surface area contributed by atoms with Gasteiger partial charge in [-0.3, -0.25) is 9.59 Å². The number of esters is 2. The Morgan fingerprint density at radius 2 is 0.642 bits per heavy atom. The first kappa shape index (κ1) is 64.6. The third-order valence-corrected chi connectivity index (χ3v) is 13.1. The van der Waals surface area contributed by atoms with E-state index in [1.165, 1.54) is 199 Å². The van der Waals surface area contributed by atoms with E-state index in [0.29, 0.717) is 12.8 Å². The van der Waals surface area contributed by atoms with Gasteiger partial charge in [-0.1, -0.05) is 293 Å². The number of ether oxygens (including phenoxy) is 2. The second-order valence-electron chi connectivity index (χ2n) is 19.7. The van der Waals surface area contributed by atoms with Crippen LogP contribution >= 0.6 is 0 Å². The maximum absolute atomic E-state index is 12.3. The molecule has 5 nitrogen and oxygen atoms in total. The minimum absolute atomic E-state index is 0.0692. The van der Waals surface area contributed by atoms with Gasteiger partial charge in [0.2, 0.25) is 0 Å². The Kier molecular flexibility index (Phi) is 55.8. The molecule has 0 aromatic carbocycles. The Balaban J connectivity index is 3.45. The highest BCUT2D eigenvalue weighted by Crippen LogP contribution is 2.17. The van der Waals surface area contributed by atoms with Crippen molar-refractivity contribution in [3.05, 3.63) is 60.8 Å². The van der Waals surface area contributed by atoms with Gasteiger partial charge in [-0.05, 0) is 57.8 Å². The molecule has 0 heterocycles. The van der Waals surface area contributed by atoms with Crippen molar-refractivity contribution < 1.29 is 24.2 Å². The lowest BCUT2D eigenvalue weighted by Gasteiger charge is -2.15. The highest BCUT2D eigenvalue weighted by molar-refractivity contribution is 5.70. The molecule has 0 saturated carbocycles. The molecule has 0 aromatic rings. The van der Waals surface area contributed by atoms with Crippen molar-refractivity contribution in [2.75, 3.05) is 13.2 Å². The van der Waals surface area contributed by atoms with Crippen LogP contribution < -0.4 is 0 Å². The molecule has 0 aromatic heterocycles. The van der Waals surface area contributed by atoms with E-state index in [1.54, 1.807) is 0 Å². The summed E-state index contributed by atoms with van der Waals surface area (Å²) in [5.41, 5.74) is 0. The molecule has 0 aliphatic carbocycles. The number of rotatable bonds is 54. The summed E-state index contributed by atoms with van der Waals surface area (Å²) in [5, 5.41) is 9.66. The van der Waals surface area contributed by atoms with Crippen LogP contribution in [0.5, 0.6) is 0 Å². The Hall–Kier alpha value is -2.40. The van der Waals surface area contributed by atoms with Crippen LogP contribution in [-0.2, 0) is 19.1 Å². The van der Waals surface area contributed by atoms with E-state index in [9.17, 15) is 14.7 Å². The quantitative estimate of drug-likeness (QED) is 0.0374. The minimum atomic E-state index is -0.780. The summed E-state index contributed by atoms with van der Waals surface area (Å²) in [6.07, 6.45) is 77.8. The summed E-state index contributed by atoms with van der Waals surface area (Å²) in [5.74, 6) is -0.592. The molecule has 0 rings (SSSR count).